The maximum Gasteiger partial charge on any atom is 0.240 e. The molecule has 1 heterocycles. The van der Waals surface area contributed by atoms with Crippen LogP contribution in [0.15, 0.2) is 35.2 Å². The van der Waals surface area contributed by atoms with Crippen molar-refractivity contribution in [2.45, 2.75) is 31.7 Å². The Balaban J connectivity index is 2.38. The first-order chi connectivity index (χ1) is 9.83. The van der Waals surface area contributed by atoms with Crippen LogP contribution in [0.3, 0.4) is 0 Å². The van der Waals surface area contributed by atoms with Gasteiger partial charge in [-0.25, -0.2) is 18.1 Å². The predicted octanol–water partition coefficient (Wildman–Crippen LogP) is 2.60. The minimum atomic E-state index is -3.51. The lowest BCUT2D eigenvalue weighted by Crippen LogP contribution is -2.36. The Morgan fingerprint density at radius 2 is 1.81 bits per heavy atom. The number of hydrogen-bond acceptors (Lipinski definition) is 4. The number of sulfonamides is 1. The van der Waals surface area contributed by atoms with Gasteiger partial charge in [0.05, 0.1) is 10.4 Å². The third-order valence-electron chi connectivity index (χ3n) is 3.57. The Morgan fingerprint density at radius 3 is 2.43 bits per heavy atom. The lowest BCUT2D eigenvalue weighted by Gasteiger charge is -2.17. The fourth-order valence-electron chi connectivity index (χ4n) is 1.86. The molecule has 5 nitrogen and oxygen atoms in total. The van der Waals surface area contributed by atoms with Crippen molar-refractivity contribution in [1.82, 2.24) is 9.71 Å². The van der Waals surface area contributed by atoms with Gasteiger partial charge in [-0.05, 0) is 43.2 Å². The van der Waals surface area contributed by atoms with Crippen LogP contribution in [0.5, 0.6) is 0 Å². The summed E-state index contributed by atoms with van der Waals surface area (Å²) in [5, 5.41) is 3.76. The highest BCUT2D eigenvalue weighted by molar-refractivity contribution is 7.89. The first-order valence-corrected chi connectivity index (χ1v) is 8.42. The lowest BCUT2D eigenvalue weighted by molar-refractivity contribution is 0.476. The molecular weight excluding hydrogens is 286 g/mol. The second-order valence-electron chi connectivity index (χ2n) is 5.45. The molecule has 2 aromatic rings. The number of nitrogens with zero attached hydrogens (tertiary/aromatic N) is 1. The van der Waals surface area contributed by atoms with Gasteiger partial charge in [-0.2, -0.15) is 0 Å². The van der Waals surface area contributed by atoms with Gasteiger partial charge in [0.15, 0.2) is 0 Å². The molecule has 0 saturated carbocycles. The summed E-state index contributed by atoms with van der Waals surface area (Å²) in [5.41, 5.74) is 0.762. The standard InChI is InChI=1S/C15H21N3O2S/c1-10(2)11(3)18-21(19,20)13-6-7-14-12(9-13)5-8-15(16-4)17-14/h5-11,18H,1-4H3,(H,16,17). The fraction of sp³-hybridized carbons (Fsp3) is 0.400. The summed E-state index contributed by atoms with van der Waals surface area (Å²) in [7, 11) is -1.71. The van der Waals surface area contributed by atoms with Gasteiger partial charge >= 0.3 is 0 Å². The van der Waals surface area contributed by atoms with E-state index in [1.165, 1.54) is 0 Å². The lowest BCUT2D eigenvalue weighted by atomic mass is 10.1. The number of rotatable bonds is 5. The van der Waals surface area contributed by atoms with Gasteiger partial charge in [0.2, 0.25) is 10.0 Å². The summed E-state index contributed by atoms with van der Waals surface area (Å²) in [4.78, 5) is 4.64. The number of hydrogen-bond donors (Lipinski definition) is 2. The average molecular weight is 307 g/mol. The molecule has 0 radical (unpaired) electrons. The molecule has 0 fully saturated rings. The summed E-state index contributed by atoms with van der Waals surface area (Å²) in [6.45, 7) is 5.83. The Kier molecular flexibility index (Phi) is 4.49. The molecule has 1 aromatic heterocycles. The van der Waals surface area contributed by atoms with Crippen molar-refractivity contribution < 1.29 is 8.42 Å². The van der Waals surface area contributed by atoms with Crippen LogP contribution in [0.2, 0.25) is 0 Å². The number of pyridine rings is 1. The second-order valence-corrected chi connectivity index (χ2v) is 7.17. The Morgan fingerprint density at radius 1 is 1.10 bits per heavy atom. The van der Waals surface area contributed by atoms with E-state index in [4.69, 9.17) is 0 Å². The van der Waals surface area contributed by atoms with Crippen molar-refractivity contribution in [3.05, 3.63) is 30.3 Å². The smallest absolute Gasteiger partial charge is 0.240 e. The molecule has 114 valence electrons. The van der Waals surface area contributed by atoms with E-state index in [0.29, 0.717) is 0 Å². The highest BCUT2D eigenvalue weighted by Crippen LogP contribution is 2.20. The van der Waals surface area contributed by atoms with Crippen LogP contribution < -0.4 is 10.0 Å². The van der Waals surface area contributed by atoms with Gasteiger partial charge in [0.1, 0.15) is 5.82 Å². The van der Waals surface area contributed by atoms with E-state index in [2.05, 4.69) is 15.0 Å². The summed E-state index contributed by atoms with van der Waals surface area (Å²) in [6, 6.07) is 8.53. The number of aromatic nitrogens is 1. The molecule has 0 saturated heterocycles. The highest BCUT2D eigenvalue weighted by Gasteiger charge is 2.19. The molecule has 1 unspecified atom stereocenters. The van der Waals surface area contributed by atoms with E-state index in [1.807, 2.05) is 32.9 Å². The summed E-state index contributed by atoms with van der Waals surface area (Å²) < 4.78 is 27.4. The monoisotopic (exact) mass is 307 g/mol. The van der Waals surface area contributed by atoms with E-state index in [1.54, 1.807) is 25.2 Å². The van der Waals surface area contributed by atoms with Crippen molar-refractivity contribution in [1.29, 1.82) is 0 Å². The summed E-state index contributed by atoms with van der Waals surface area (Å²) in [5.74, 6) is 0.991. The van der Waals surface area contributed by atoms with E-state index in [9.17, 15) is 8.42 Å². The van der Waals surface area contributed by atoms with Crippen LogP contribution in [-0.4, -0.2) is 26.5 Å². The minimum absolute atomic E-state index is 0.115. The topological polar surface area (TPSA) is 71.1 Å². The molecule has 21 heavy (non-hydrogen) atoms. The van der Waals surface area contributed by atoms with Crippen molar-refractivity contribution in [3.8, 4) is 0 Å². The van der Waals surface area contributed by atoms with Crippen LogP contribution >= 0.6 is 0 Å². The van der Waals surface area contributed by atoms with Gasteiger partial charge < -0.3 is 5.32 Å². The SMILES string of the molecule is CNc1ccc2cc(S(=O)(=O)NC(C)C(C)C)ccc2n1. The van der Waals surface area contributed by atoms with E-state index in [-0.39, 0.29) is 16.9 Å². The zero-order valence-corrected chi connectivity index (χ0v) is 13.5. The first kappa shape index (κ1) is 15.7. The zero-order chi connectivity index (χ0) is 15.6. The van der Waals surface area contributed by atoms with Crippen LogP contribution in [0.25, 0.3) is 10.9 Å². The molecule has 2 N–H and O–H groups in total. The maximum atomic E-state index is 12.4. The number of nitrogens with one attached hydrogen (secondary N) is 2. The molecule has 1 aromatic carbocycles. The van der Waals surface area contributed by atoms with Crippen molar-refractivity contribution in [2.75, 3.05) is 12.4 Å². The molecule has 0 aliphatic rings. The quantitative estimate of drug-likeness (QED) is 0.890. The van der Waals surface area contributed by atoms with E-state index < -0.39 is 10.0 Å². The van der Waals surface area contributed by atoms with Gasteiger partial charge in [-0.1, -0.05) is 13.8 Å². The second kappa shape index (κ2) is 5.99. The molecule has 0 bridgehead atoms. The number of benzene rings is 1. The molecule has 6 heteroatoms. The fourth-order valence-corrected chi connectivity index (χ4v) is 3.29. The zero-order valence-electron chi connectivity index (χ0n) is 12.7. The number of anilines is 1. The third-order valence-corrected chi connectivity index (χ3v) is 5.12. The van der Waals surface area contributed by atoms with Gasteiger partial charge in [0, 0.05) is 18.5 Å². The molecule has 0 aliphatic heterocycles. The van der Waals surface area contributed by atoms with E-state index >= 15 is 0 Å². The van der Waals surface area contributed by atoms with Crippen molar-refractivity contribution in [3.63, 3.8) is 0 Å². The molecular formula is C15H21N3O2S. The largest absolute Gasteiger partial charge is 0.373 e. The predicted molar refractivity (Wildman–Crippen MR) is 85.9 cm³/mol. The van der Waals surface area contributed by atoms with Crippen LogP contribution in [0.1, 0.15) is 20.8 Å². The molecule has 0 amide bonds. The summed E-state index contributed by atoms with van der Waals surface area (Å²) >= 11 is 0. The highest BCUT2D eigenvalue weighted by atomic mass is 32.2. The Bertz CT molecular complexity index is 742. The van der Waals surface area contributed by atoms with Gasteiger partial charge in [-0.15, -0.1) is 0 Å². The third kappa shape index (κ3) is 3.51. The maximum absolute atomic E-state index is 12.4. The Labute approximate surface area is 125 Å². The normalized spacial score (nSPS) is 13.6. The minimum Gasteiger partial charge on any atom is -0.373 e. The van der Waals surface area contributed by atoms with E-state index in [0.717, 1.165) is 16.7 Å². The van der Waals surface area contributed by atoms with Crippen molar-refractivity contribution in [2.24, 2.45) is 5.92 Å². The van der Waals surface area contributed by atoms with Crippen LogP contribution in [-0.2, 0) is 10.0 Å². The molecule has 0 spiro atoms. The Hall–Kier alpha value is -1.66. The van der Waals surface area contributed by atoms with Crippen LogP contribution in [0.4, 0.5) is 5.82 Å². The summed E-state index contributed by atoms with van der Waals surface area (Å²) in [6.07, 6.45) is 0. The van der Waals surface area contributed by atoms with Crippen LogP contribution in [0, 0.1) is 5.92 Å². The van der Waals surface area contributed by atoms with Gasteiger partial charge in [-0.3, -0.25) is 0 Å². The first-order valence-electron chi connectivity index (χ1n) is 6.94. The number of fused-ring (bicyclic) bond motifs is 1. The molecule has 1 atom stereocenters. The van der Waals surface area contributed by atoms with Gasteiger partial charge in [0.25, 0.3) is 0 Å². The molecule has 2 rings (SSSR count). The average Bonchev–Trinajstić information content (AvgIpc) is 2.45. The van der Waals surface area contributed by atoms with Crippen molar-refractivity contribution >= 4 is 26.7 Å². The molecule has 0 aliphatic carbocycles.